The van der Waals surface area contributed by atoms with Crippen molar-refractivity contribution in [3.63, 3.8) is 0 Å². The summed E-state index contributed by atoms with van der Waals surface area (Å²) >= 11 is 6.14. The Morgan fingerprint density at radius 3 is 3.00 bits per heavy atom. The summed E-state index contributed by atoms with van der Waals surface area (Å²) in [7, 11) is 1.70. The van der Waals surface area contributed by atoms with Crippen molar-refractivity contribution in [3.05, 3.63) is 47.0 Å². The lowest BCUT2D eigenvalue weighted by atomic mass is 10.1. The first kappa shape index (κ1) is 16.0. The molecule has 0 amide bonds. The van der Waals surface area contributed by atoms with Gasteiger partial charge in [0.2, 0.25) is 0 Å². The second-order valence-corrected chi connectivity index (χ2v) is 5.34. The zero-order valence-electron chi connectivity index (χ0n) is 12.6. The molecular weight excluding hydrogens is 286 g/mol. The summed E-state index contributed by atoms with van der Waals surface area (Å²) < 4.78 is 7.20. The Kier molecular flexibility index (Phi) is 6.23. The van der Waals surface area contributed by atoms with Crippen LogP contribution in [0.25, 0.3) is 5.69 Å². The summed E-state index contributed by atoms with van der Waals surface area (Å²) in [5.74, 6) is 1.08. The normalized spacial score (nSPS) is 11.0. The summed E-state index contributed by atoms with van der Waals surface area (Å²) in [5, 5.41) is 4.12. The average Bonchev–Trinajstić information content (AvgIpc) is 2.92. The van der Waals surface area contributed by atoms with Crippen LogP contribution in [0.1, 0.15) is 24.7 Å². The Balaban J connectivity index is 2.23. The molecule has 2 aromatic rings. The standard InChI is InChI=1S/C16H22ClN3O/c1-3-4-16-19-7-9-20(16)15-6-5-14(17)11-13(15)12-18-8-10-21-2/h5-7,9,11,18H,3-4,8,10,12H2,1-2H3. The van der Waals surface area contributed by atoms with Crippen molar-refractivity contribution in [2.45, 2.75) is 26.3 Å². The summed E-state index contributed by atoms with van der Waals surface area (Å²) in [6.07, 6.45) is 5.90. The van der Waals surface area contributed by atoms with E-state index in [1.807, 2.05) is 24.5 Å². The zero-order valence-corrected chi connectivity index (χ0v) is 13.4. The first-order chi connectivity index (χ1) is 10.3. The van der Waals surface area contributed by atoms with Crippen LogP contribution in [0.15, 0.2) is 30.6 Å². The van der Waals surface area contributed by atoms with Crippen molar-refractivity contribution in [2.75, 3.05) is 20.3 Å². The van der Waals surface area contributed by atoms with Crippen LogP contribution in [-0.4, -0.2) is 29.8 Å². The molecule has 21 heavy (non-hydrogen) atoms. The van der Waals surface area contributed by atoms with E-state index in [4.69, 9.17) is 16.3 Å². The van der Waals surface area contributed by atoms with Crippen molar-refractivity contribution >= 4 is 11.6 Å². The van der Waals surface area contributed by atoms with Crippen LogP contribution < -0.4 is 5.32 Å². The molecule has 0 saturated carbocycles. The van der Waals surface area contributed by atoms with E-state index in [1.165, 1.54) is 0 Å². The van der Waals surface area contributed by atoms with E-state index < -0.39 is 0 Å². The minimum atomic E-state index is 0.696. The summed E-state index contributed by atoms with van der Waals surface area (Å²) in [6.45, 7) is 4.42. The van der Waals surface area contributed by atoms with Gasteiger partial charge in [-0.3, -0.25) is 0 Å². The highest BCUT2D eigenvalue weighted by atomic mass is 35.5. The molecule has 114 valence electrons. The third-order valence-corrected chi connectivity index (χ3v) is 3.53. The largest absolute Gasteiger partial charge is 0.383 e. The lowest BCUT2D eigenvalue weighted by molar-refractivity contribution is 0.199. The van der Waals surface area contributed by atoms with Gasteiger partial charge in [0.05, 0.1) is 12.3 Å². The van der Waals surface area contributed by atoms with E-state index >= 15 is 0 Å². The van der Waals surface area contributed by atoms with Gasteiger partial charge in [-0.25, -0.2) is 4.98 Å². The lowest BCUT2D eigenvalue weighted by Gasteiger charge is -2.14. The van der Waals surface area contributed by atoms with Gasteiger partial charge in [-0.1, -0.05) is 18.5 Å². The molecule has 0 radical (unpaired) electrons. The smallest absolute Gasteiger partial charge is 0.113 e. The van der Waals surface area contributed by atoms with E-state index in [2.05, 4.69) is 27.9 Å². The molecule has 0 aliphatic rings. The number of ether oxygens (including phenoxy) is 1. The van der Waals surface area contributed by atoms with Gasteiger partial charge in [-0.2, -0.15) is 0 Å². The van der Waals surface area contributed by atoms with Gasteiger partial charge in [-0.05, 0) is 30.2 Å². The molecule has 0 fully saturated rings. The highest BCUT2D eigenvalue weighted by Gasteiger charge is 2.09. The minimum absolute atomic E-state index is 0.696. The van der Waals surface area contributed by atoms with Gasteiger partial charge in [0.25, 0.3) is 0 Å². The molecule has 1 aromatic heterocycles. The summed E-state index contributed by atoms with van der Waals surface area (Å²) in [6, 6.07) is 5.98. The average molecular weight is 308 g/mol. The van der Waals surface area contributed by atoms with Crippen molar-refractivity contribution in [3.8, 4) is 5.69 Å². The zero-order chi connectivity index (χ0) is 15.1. The molecule has 1 N–H and O–H groups in total. The molecule has 0 aliphatic carbocycles. The van der Waals surface area contributed by atoms with Crippen LogP contribution in [0.4, 0.5) is 0 Å². The number of halogens is 1. The van der Waals surface area contributed by atoms with Crippen LogP contribution in [0.5, 0.6) is 0 Å². The van der Waals surface area contributed by atoms with E-state index in [0.717, 1.165) is 48.0 Å². The number of hydrogen-bond acceptors (Lipinski definition) is 3. The molecule has 4 nitrogen and oxygen atoms in total. The predicted octanol–water partition coefficient (Wildman–Crippen LogP) is 3.21. The van der Waals surface area contributed by atoms with E-state index in [0.29, 0.717) is 6.61 Å². The number of benzene rings is 1. The maximum Gasteiger partial charge on any atom is 0.113 e. The maximum atomic E-state index is 6.14. The summed E-state index contributed by atoms with van der Waals surface area (Å²) in [5.41, 5.74) is 2.29. The summed E-state index contributed by atoms with van der Waals surface area (Å²) in [4.78, 5) is 4.45. The van der Waals surface area contributed by atoms with Gasteiger partial charge in [0.15, 0.2) is 0 Å². The van der Waals surface area contributed by atoms with Crippen LogP contribution in [0.2, 0.25) is 5.02 Å². The van der Waals surface area contributed by atoms with Gasteiger partial charge in [0.1, 0.15) is 5.82 Å². The van der Waals surface area contributed by atoms with Crippen LogP contribution >= 0.6 is 11.6 Å². The van der Waals surface area contributed by atoms with Gasteiger partial charge < -0.3 is 14.6 Å². The SMILES string of the molecule is CCCc1nccn1-c1ccc(Cl)cc1CNCCOC. The van der Waals surface area contributed by atoms with E-state index in [1.54, 1.807) is 7.11 Å². The highest BCUT2D eigenvalue weighted by molar-refractivity contribution is 6.30. The number of hydrogen-bond donors (Lipinski definition) is 1. The fourth-order valence-electron chi connectivity index (χ4n) is 2.29. The lowest BCUT2D eigenvalue weighted by Crippen LogP contribution is -2.19. The molecule has 5 heteroatoms. The number of methoxy groups -OCH3 is 1. The Morgan fingerprint density at radius 2 is 2.24 bits per heavy atom. The molecule has 0 atom stereocenters. The molecule has 0 spiro atoms. The number of aromatic nitrogens is 2. The molecule has 0 aliphatic heterocycles. The quantitative estimate of drug-likeness (QED) is 0.761. The van der Waals surface area contributed by atoms with Crippen LogP contribution in [0, 0.1) is 0 Å². The monoisotopic (exact) mass is 307 g/mol. The fraction of sp³-hybridized carbons (Fsp3) is 0.438. The van der Waals surface area contributed by atoms with Gasteiger partial charge >= 0.3 is 0 Å². The van der Waals surface area contributed by atoms with E-state index in [9.17, 15) is 0 Å². The fourth-order valence-corrected chi connectivity index (χ4v) is 2.48. The Labute approximate surface area is 131 Å². The van der Waals surface area contributed by atoms with Gasteiger partial charge in [0, 0.05) is 44.0 Å². The molecule has 0 unspecified atom stereocenters. The third kappa shape index (κ3) is 4.30. The minimum Gasteiger partial charge on any atom is -0.383 e. The number of rotatable bonds is 8. The van der Waals surface area contributed by atoms with Crippen LogP contribution in [-0.2, 0) is 17.7 Å². The first-order valence-electron chi connectivity index (χ1n) is 7.27. The van der Waals surface area contributed by atoms with Crippen molar-refractivity contribution in [1.29, 1.82) is 0 Å². The molecule has 0 bridgehead atoms. The Morgan fingerprint density at radius 1 is 1.38 bits per heavy atom. The van der Waals surface area contributed by atoms with Gasteiger partial charge in [-0.15, -0.1) is 0 Å². The molecule has 0 saturated heterocycles. The second-order valence-electron chi connectivity index (χ2n) is 4.91. The van der Waals surface area contributed by atoms with E-state index in [-0.39, 0.29) is 0 Å². The molecule has 1 aromatic carbocycles. The van der Waals surface area contributed by atoms with Crippen molar-refractivity contribution in [2.24, 2.45) is 0 Å². The molecule has 2 rings (SSSR count). The number of nitrogens with one attached hydrogen (secondary N) is 1. The topological polar surface area (TPSA) is 39.1 Å². The van der Waals surface area contributed by atoms with Crippen molar-refractivity contribution < 1.29 is 4.74 Å². The van der Waals surface area contributed by atoms with Crippen molar-refractivity contribution in [1.82, 2.24) is 14.9 Å². The number of aryl methyl sites for hydroxylation is 1. The first-order valence-corrected chi connectivity index (χ1v) is 7.64. The molecular formula is C16H22ClN3O. The molecule has 1 heterocycles. The number of nitrogens with zero attached hydrogens (tertiary/aromatic N) is 2. The Hall–Kier alpha value is -1.36. The third-order valence-electron chi connectivity index (χ3n) is 3.29. The predicted molar refractivity (Wildman–Crippen MR) is 86.2 cm³/mol. The second kappa shape index (κ2) is 8.17. The maximum absolute atomic E-state index is 6.14. The highest BCUT2D eigenvalue weighted by Crippen LogP contribution is 2.21. The Bertz CT molecular complexity index is 568. The number of imidazole rings is 1. The van der Waals surface area contributed by atoms with Crippen LogP contribution in [0.3, 0.4) is 0 Å².